The van der Waals surface area contributed by atoms with Crippen LogP contribution in [0.2, 0.25) is 5.02 Å². The number of hydrogen-bond acceptors (Lipinski definition) is 3. The highest BCUT2D eigenvalue weighted by Gasteiger charge is 2.09. The van der Waals surface area contributed by atoms with Gasteiger partial charge in [0.25, 0.3) is 0 Å². The van der Waals surface area contributed by atoms with Gasteiger partial charge in [0, 0.05) is 12.6 Å². The zero-order chi connectivity index (χ0) is 11.3. The molecular weight excluding hydrogens is 214 g/mol. The van der Waals surface area contributed by atoms with Crippen molar-refractivity contribution in [3.05, 3.63) is 23.5 Å². The highest BCUT2D eigenvalue weighted by molar-refractivity contribution is 6.33. The lowest BCUT2D eigenvalue weighted by Crippen LogP contribution is -2.20. The van der Waals surface area contributed by atoms with Gasteiger partial charge < -0.3 is 11.1 Å². The van der Waals surface area contributed by atoms with Crippen molar-refractivity contribution in [2.75, 3.05) is 11.9 Å². The predicted molar refractivity (Wildman–Crippen MR) is 60.7 cm³/mol. The van der Waals surface area contributed by atoms with Crippen molar-refractivity contribution < 1.29 is 4.79 Å². The summed E-state index contributed by atoms with van der Waals surface area (Å²) in [5, 5.41) is 3.17. The Bertz CT molecular complexity index is 343. The van der Waals surface area contributed by atoms with Crippen LogP contribution in [0.25, 0.3) is 0 Å². The average Bonchev–Trinajstić information content (AvgIpc) is 2.21. The highest BCUT2D eigenvalue weighted by Crippen LogP contribution is 2.19. The number of nitrogens with zero attached hydrogens (tertiary/aromatic N) is 1. The quantitative estimate of drug-likeness (QED) is 0.822. The summed E-state index contributed by atoms with van der Waals surface area (Å²) in [6.45, 7) is 2.42. The summed E-state index contributed by atoms with van der Waals surface area (Å²) in [5.41, 5.74) is 5.96. The molecule has 0 aliphatic rings. The lowest BCUT2D eigenvalue weighted by Gasteiger charge is -2.09. The van der Waals surface area contributed by atoms with Crippen molar-refractivity contribution in [3.63, 3.8) is 0 Å². The van der Waals surface area contributed by atoms with Gasteiger partial charge in [0.05, 0.1) is 16.9 Å². The van der Waals surface area contributed by atoms with E-state index in [0.717, 1.165) is 0 Å². The lowest BCUT2D eigenvalue weighted by molar-refractivity contribution is -0.116. The summed E-state index contributed by atoms with van der Waals surface area (Å²) < 4.78 is 0. The molecule has 1 aromatic heterocycles. The van der Waals surface area contributed by atoms with Crippen LogP contribution in [0.15, 0.2) is 18.5 Å². The molecule has 0 saturated heterocycles. The summed E-state index contributed by atoms with van der Waals surface area (Å²) in [5.74, 6) is 0.0725. The van der Waals surface area contributed by atoms with Crippen molar-refractivity contribution in [3.8, 4) is 0 Å². The minimum Gasteiger partial charge on any atom is -0.330 e. The van der Waals surface area contributed by atoms with Crippen LogP contribution in [0.5, 0.6) is 0 Å². The molecule has 82 valence electrons. The molecule has 0 aliphatic heterocycles. The molecule has 1 amide bonds. The predicted octanol–water partition coefficient (Wildman–Crippen LogP) is 1.66. The van der Waals surface area contributed by atoms with E-state index < -0.39 is 0 Å². The third-order valence-electron chi connectivity index (χ3n) is 1.98. The normalized spacial score (nSPS) is 12.2. The Hall–Kier alpha value is -1.13. The van der Waals surface area contributed by atoms with Gasteiger partial charge in [-0.3, -0.25) is 9.78 Å². The Kier molecular flexibility index (Phi) is 4.52. The van der Waals surface area contributed by atoms with Crippen LogP contribution in [-0.2, 0) is 4.79 Å². The van der Waals surface area contributed by atoms with Crippen LogP contribution in [0.1, 0.15) is 13.3 Å². The fraction of sp³-hybridized carbons (Fsp3) is 0.400. The lowest BCUT2D eigenvalue weighted by atomic mass is 10.1. The first-order valence-corrected chi connectivity index (χ1v) is 5.10. The molecule has 15 heavy (non-hydrogen) atoms. The number of nitrogens with one attached hydrogen (secondary N) is 1. The fourth-order valence-corrected chi connectivity index (χ4v) is 1.22. The van der Waals surface area contributed by atoms with E-state index in [0.29, 0.717) is 23.7 Å². The van der Waals surface area contributed by atoms with Gasteiger partial charge >= 0.3 is 0 Å². The molecule has 0 bridgehead atoms. The van der Waals surface area contributed by atoms with E-state index in [4.69, 9.17) is 17.3 Å². The van der Waals surface area contributed by atoms with E-state index in [1.54, 1.807) is 12.3 Å². The number of hydrogen-bond donors (Lipinski definition) is 2. The Morgan fingerprint density at radius 1 is 1.73 bits per heavy atom. The maximum atomic E-state index is 11.5. The van der Waals surface area contributed by atoms with E-state index >= 15 is 0 Å². The van der Waals surface area contributed by atoms with Crippen LogP contribution in [0, 0.1) is 5.92 Å². The summed E-state index contributed by atoms with van der Waals surface area (Å²) in [7, 11) is 0. The smallest absolute Gasteiger partial charge is 0.224 e. The van der Waals surface area contributed by atoms with Crippen LogP contribution >= 0.6 is 11.6 Å². The van der Waals surface area contributed by atoms with E-state index in [1.807, 2.05) is 6.92 Å². The third kappa shape index (κ3) is 3.85. The maximum absolute atomic E-state index is 11.5. The van der Waals surface area contributed by atoms with Crippen molar-refractivity contribution in [2.24, 2.45) is 11.7 Å². The number of aromatic nitrogens is 1. The first-order valence-electron chi connectivity index (χ1n) is 4.73. The molecule has 1 heterocycles. The molecule has 5 heteroatoms. The maximum Gasteiger partial charge on any atom is 0.224 e. The number of carbonyl (C=O) groups excluding carboxylic acids is 1. The van der Waals surface area contributed by atoms with Crippen LogP contribution in [0.4, 0.5) is 5.69 Å². The first kappa shape index (κ1) is 11.9. The van der Waals surface area contributed by atoms with Crippen LogP contribution < -0.4 is 11.1 Å². The van der Waals surface area contributed by atoms with Gasteiger partial charge in [0.15, 0.2) is 0 Å². The molecule has 1 rings (SSSR count). The number of carbonyl (C=O) groups is 1. The van der Waals surface area contributed by atoms with Gasteiger partial charge in [-0.25, -0.2) is 0 Å². The number of amides is 1. The van der Waals surface area contributed by atoms with Crippen molar-refractivity contribution in [1.82, 2.24) is 4.98 Å². The molecule has 3 N–H and O–H groups in total. The average molecular weight is 228 g/mol. The minimum absolute atomic E-state index is 0.0946. The van der Waals surface area contributed by atoms with E-state index in [-0.39, 0.29) is 11.8 Å². The van der Waals surface area contributed by atoms with Gasteiger partial charge in [0.2, 0.25) is 5.91 Å². The molecule has 0 radical (unpaired) electrons. The van der Waals surface area contributed by atoms with E-state index in [1.165, 1.54) is 6.20 Å². The zero-order valence-corrected chi connectivity index (χ0v) is 9.29. The van der Waals surface area contributed by atoms with Crippen LogP contribution in [-0.4, -0.2) is 17.4 Å². The minimum atomic E-state index is -0.0946. The third-order valence-corrected chi connectivity index (χ3v) is 2.31. The topological polar surface area (TPSA) is 68.0 Å². The molecule has 0 saturated carbocycles. The SMILES string of the molecule is CC(CN)CC(=O)Nc1cnccc1Cl. The zero-order valence-electron chi connectivity index (χ0n) is 8.53. The molecule has 0 aliphatic carbocycles. The summed E-state index contributed by atoms with van der Waals surface area (Å²) >= 11 is 5.86. The second kappa shape index (κ2) is 5.68. The summed E-state index contributed by atoms with van der Waals surface area (Å²) in [6.07, 6.45) is 3.48. The van der Waals surface area contributed by atoms with Crippen LogP contribution in [0.3, 0.4) is 0 Å². The van der Waals surface area contributed by atoms with Gasteiger partial charge in [-0.2, -0.15) is 0 Å². The Morgan fingerprint density at radius 3 is 3.07 bits per heavy atom. The van der Waals surface area contributed by atoms with Gasteiger partial charge in [0.1, 0.15) is 0 Å². The second-order valence-electron chi connectivity index (χ2n) is 3.45. The molecular formula is C10H14ClN3O. The molecule has 1 unspecified atom stereocenters. The van der Waals surface area contributed by atoms with Gasteiger partial charge in [-0.05, 0) is 18.5 Å². The molecule has 4 nitrogen and oxygen atoms in total. The standard InChI is InChI=1S/C10H14ClN3O/c1-7(5-12)4-10(15)14-9-6-13-3-2-8(9)11/h2-3,6-7H,4-5,12H2,1H3,(H,14,15). The Morgan fingerprint density at radius 2 is 2.47 bits per heavy atom. The van der Waals surface area contributed by atoms with Crippen molar-refractivity contribution in [2.45, 2.75) is 13.3 Å². The monoisotopic (exact) mass is 227 g/mol. The van der Waals surface area contributed by atoms with Crippen molar-refractivity contribution in [1.29, 1.82) is 0 Å². The highest BCUT2D eigenvalue weighted by atomic mass is 35.5. The molecule has 0 spiro atoms. The number of pyridine rings is 1. The molecule has 0 fully saturated rings. The molecule has 1 atom stereocenters. The van der Waals surface area contributed by atoms with Crippen molar-refractivity contribution >= 4 is 23.2 Å². The number of rotatable bonds is 4. The molecule has 0 aromatic carbocycles. The number of nitrogens with two attached hydrogens (primary N) is 1. The van der Waals surface area contributed by atoms with Gasteiger partial charge in [-0.1, -0.05) is 18.5 Å². The number of halogens is 1. The largest absolute Gasteiger partial charge is 0.330 e. The number of anilines is 1. The molecule has 1 aromatic rings. The Labute approximate surface area is 93.8 Å². The van der Waals surface area contributed by atoms with E-state index in [2.05, 4.69) is 10.3 Å². The Balaban J connectivity index is 2.55. The fourth-order valence-electron chi connectivity index (χ4n) is 1.07. The first-order chi connectivity index (χ1) is 7.13. The van der Waals surface area contributed by atoms with Gasteiger partial charge in [-0.15, -0.1) is 0 Å². The summed E-state index contributed by atoms with van der Waals surface area (Å²) in [6, 6.07) is 1.63. The second-order valence-corrected chi connectivity index (χ2v) is 3.86. The van der Waals surface area contributed by atoms with E-state index in [9.17, 15) is 4.79 Å². The summed E-state index contributed by atoms with van der Waals surface area (Å²) in [4.78, 5) is 15.4.